The number of rotatable bonds is 6. The summed E-state index contributed by atoms with van der Waals surface area (Å²) in [5, 5.41) is 11.0. The Kier molecular flexibility index (Phi) is 6.09. The normalized spacial score (nSPS) is 21.0. The zero-order valence-corrected chi connectivity index (χ0v) is 18.9. The Labute approximate surface area is 190 Å². The average Bonchev–Trinajstić information content (AvgIpc) is 3.54. The second-order valence-electron chi connectivity index (χ2n) is 9.57. The Morgan fingerprint density at radius 2 is 2.00 bits per heavy atom. The maximum atomic E-state index is 11.5. The highest BCUT2D eigenvalue weighted by molar-refractivity contribution is 5.71. The summed E-state index contributed by atoms with van der Waals surface area (Å²) in [6.45, 7) is 5.33. The number of hydrogen-bond donors (Lipinski definition) is 1. The lowest BCUT2D eigenvalue weighted by molar-refractivity contribution is -0.132. The molecule has 2 aromatic carbocycles. The van der Waals surface area contributed by atoms with E-state index in [0.29, 0.717) is 17.6 Å². The minimum atomic E-state index is -0.393. The van der Waals surface area contributed by atoms with Gasteiger partial charge in [-0.2, -0.15) is 0 Å². The van der Waals surface area contributed by atoms with Crippen molar-refractivity contribution < 1.29 is 19.4 Å². The van der Waals surface area contributed by atoms with Crippen LogP contribution in [0.5, 0.6) is 17.2 Å². The van der Waals surface area contributed by atoms with Gasteiger partial charge in [0.2, 0.25) is 0 Å². The minimum Gasteiger partial charge on any atom is -0.504 e. The number of ether oxygens (including phenoxy) is 2. The standard InChI is InChI=1S/C27H33NO4/c1-18(29)32-25-9-7-23(26(27(25)30)20-4-2-3-5-20)22-11-14-28(17-22)13-10-19-6-8-24-21(16-19)12-15-31-24/h6-9,16,20,22,30H,2-5,10-15,17H2,1H3. The third-order valence-corrected chi connectivity index (χ3v) is 7.41. The topological polar surface area (TPSA) is 59.0 Å². The second kappa shape index (κ2) is 9.14. The van der Waals surface area contributed by atoms with Crippen LogP contribution in [-0.2, 0) is 17.6 Å². The highest BCUT2D eigenvalue weighted by atomic mass is 16.5. The Morgan fingerprint density at radius 1 is 1.16 bits per heavy atom. The first-order valence-corrected chi connectivity index (χ1v) is 12.1. The number of phenols is 1. The molecule has 5 heteroatoms. The number of esters is 1. The summed E-state index contributed by atoms with van der Waals surface area (Å²) in [6.07, 6.45) is 7.76. The van der Waals surface area contributed by atoms with Crippen molar-refractivity contribution in [2.24, 2.45) is 0 Å². The Morgan fingerprint density at radius 3 is 2.81 bits per heavy atom. The molecule has 170 valence electrons. The van der Waals surface area contributed by atoms with E-state index in [1.54, 1.807) is 6.07 Å². The molecule has 1 atom stereocenters. The van der Waals surface area contributed by atoms with Gasteiger partial charge in [-0.05, 0) is 72.9 Å². The number of nitrogens with zero attached hydrogens (tertiary/aromatic N) is 1. The molecular formula is C27H33NO4. The zero-order valence-electron chi connectivity index (χ0n) is 18.9. The summed E-state index contributed by atoms with van der Waals surface area (Å²) >= 11 is 0. The average molecular weight is 436 g/mol. The minimum absolute atomic E-state index is 0.184. The number of hydrogen-bond acceptors (Lipinski definition) is 5. The third kappa shape index (κ3) is 4.36. The van der Waals surface area contributed by atoms with Crippen LogP contribution in [0.1, 0.15) is 73.1 Å². The first-order valence-electron chi connectivity index (χ1n) is 12.1. The first-order chi connectivity index (χ1) is 15.6. The van der Waals surface area contributed by atoms with E-state index in [1.807, 2.05) is 0 Å². The Hall–Kier alpha value is -2.53. The van der Waals surface area contributed by atoms with E-state index in [9.17, 15) is 9.90 Å². The van der Waals surface area contributed by atoms with Crippen LogP contribution in [0.4, 0.5) is 0 Å². The van der Waals surface area contributed by atoms with Gasteiger partial charge in [-0.1, -0.05) is 31.0 Å². The fourth-order valence-electron chi connectivity index (χ4n) is 5.81. The predicted molar refractivity (Wildman–Crippen MR) is 124 cm³/mol. The lowest BCUT2D eigenvalue weighted by Crippen LogP contribution is -2.23. The van der Waals surface area contributed by atoms with E-state index in [4.69, 9.17) is 9.47 Å². The van der Waals surface area contributed by atoms with Crippen LogP contribution < -0.4 is 9.47 Å². The molecule has 5 nitrogen and oxygen atoms in total. The molecular weight excluding hydrogens is 402 g/mol. The van der Waals surface area contributed by atoms with Gasteiger partial charge >= 0.3 is 5.97 Å². The number of benzene rings is 2. The van der Waals surface area contributed by atoms with E-state index in [-0.39, 0.29) is 5.75 Å². The van der Waals surface area contributed by atoms with Crippen LogP contribution in [0.3, 0.4) is 0 Å². The number of carbonyl (C=O) groups excluding carboxylic acids is 1. The second-order valence-corrected chi connectivity index (χ2v) is 9.57. The molecule has 2 aromatic rings. The van der Waals surface area contributed by atoms with Crippen LogP contribution in [0.15, 0.2) is 30.3 Å². The van der Waals surface area contributed by atoms with E-state index in [0.717, 1.165) is 69.7 Å². The molecule has 2 fully saturated rings. The van der Waals surface area contributed by atoms with E-state index >= 15 is 0 Å². The summed E-state index contributed by atoms with van der Waals surface area (Å²) in [6, 6.07) is 10.5. The van der Waals surface area contributed by atoms with Crippen LogP contribution in [-0.4, -0.2) is 42.2 Å². The quantitative estimate of drug-likeness (QED) is 0.514. The zero-order chi connectivity index (χ0) is 22.1. The van der Waals surface area contributed by atoms with Gasteiger partial charge in [-0.3, -0.25) is 4.79 Å². The largest absolute Gasteiger partial charge is 0.504 e. The SMILES string of the molecule is CC(=O)Oc1ccc(C2CCN(CCc3ccc4c(c3)CCO4)C2)c(C2CCCC2)c1O. The molecule has 1 saturated carbocycles. The molecule has 2 aliphatic heterocycles. The predicted octanol–water partition coefficient (Wildman–Crippen LogP) is 4.94. The number of carbonyl (C=O) groups is 1. The highest BCUT2D eigenvalue weighted by Crippen LogP contribution is 2.47. The summed E-state index contributed by atoms with van der Waals surface area (Å²) in [5.74, 6) is 1.92. The molecule has 32 heavy (non-hydrogen) atoms. The van der Waals surface area contributed by atoms with Crippen molar-refractivity contribution in [3.8, 4) is 17.2 Å². The maximum Gasteiger partial charge on any atom is 0.308 e. The van der Waals surface area contributed by atoms with Crippen molar-refractivity contribution in [2.45, 2.75) is 63.7 Å². The monoisotopic (exact) mass is 435 g/mol. The molecule has 3 aliphatic rings. The van der Waals surface area contributed by atoms with Gasteiger partial charge in [0.05, 0.1) is 6.61 Å². The number of fused-ring (bicyclic) bond motifs is 1. The molecule has 1 saturated heterocycles. The van der Waals surface area contributed by atoms with Gasteiger partial charge in [-0.15, -0.1) is 0 Å². The summed E-state index contributed by atoms with van der Waals surface area (Å²) in [7, 11) is 0. The van der Waals surface area contributed by atoms with Gasteiger partial charge in [-0.25, -0.2) is 0 Å². The number of phenolic OH excluding ortho intramolecular Hbond substituents is 1. The molecule has 5 rings (SSSR count). The van der Waals surface area contributed by atoms with Crippen LogP contribution in [0, 0.1) is 0 Å². The van der Waals surface area contributed by atoms with Crippen molar-refractivity contribution in [1.82, 2.24) is 4.90 Å². The lowest BCUT2D eigenvalue weighted by Gasteiger charge is -2.23. The molecule has 1 unspecified atom stereocenters. The number of aromatic hydroxyl groups is 1. The molecule has 0 bridgehead atoms. The number of likely N-dealkylation sites (tertiary alicyclic amines) is 1. The fraction of sp³-hybridized carbons (Fsp3) is 0.519. The van der Waals surface area contributed by atoms with E-state index in [2.05, 4.69) is 29.2 Å². The highest BCUT2D eigenvalue weighted by Gasteiger charge is 2.32. The van der Waals surface area contributed by atoms with Gasteiger partial charge < -0.3 is 19.5 Å². The molecule has 0 aromatic heterocycles. The van der Waals surface area contributed by atoms with Gasteiger partial charge in [0, 0.05) is 32.0 Å². The smallest absolute Gasteiger partial charge is 0.308 e. The lowest BCUT2D eigenvalue weighted by atomic mass is 9.85. The first kappa shape index (κ1) is 21.3. The van der Waals surface area contributed by atoms with Crippen LogP contribution >= 0.6 is 0 Å². The van der Waals surface area contributed by atoms with Crippen molar-refractivity contribution in [3.63, 3.8) is 0 Å². The molecule has 1 N–H and O–H groups in total. The van der Waals surface area contributed by atoms with E-state index in [1.165, 1.54) is 36.5 Å². The fourth-order valence-corrected chi connectivity index (χ4v) is 5.81. The molecule has 0 radical (unpaired) electrons. The van der Waals surface area contributed by atoms with E-state index < -0.39 is 5.97 Å². The van der Waals surface area contributed by atoms with Crippen molar-refractivity contribution in [2.75, 3.05) is 26.2 Å². The van der Waals surface area contributed by atoms with Gasteiger partial charge in [0.25, 0.3) is 0 Å². The van der Waals surface area contributed by atoms with Crippen LogP contribution in [0.25, 0.3) is 0 Å². The summed E-state index contributed by atoms with van der Waals surface area (Å²) < 4.78 is 10.9. The molecule has 2 heterocycles. The Balaban J connectivity index is 1.29. The summed E-state index contributed by atoms with van der Waals surface area (Å²) in [4.78, 5) is 14.0. The van der Waals surface area contributed by atoms with Crippen molar-refractivity contribution in [1.29, 1.82) is 0 Å². The summed E-state index contributed by atoms with van der Waals surface area (Å²) in [5.41, 5.74) is 5.01. The molecule has 1 aliphatic carbocycles. The maximum absolute atomic E-state index is 11.5. The molecule has 0 amide bonds. The van der Waals surface area contributed by atoms with Gasteiger partial charge in [0.1, 0.15) is 5.75 Å². The Bertz CT molecular complexity index is 995. The molecule has 0 spiro atoms. The van der Waals surface area contributed by atoms with Crippen molar-refractivity contribution >= 4 is 5.97 Å². The van der Waals surface area contributed by atoms with Gasteiger partial charge in [0.15, 0.2) is 11.5 Å². The van der Waals surface area contributed by atoms with Crippen molar-refractivity contribution in [3.05, 3.63) is 52.6 Å². The third-order valence-electron chi connectivity index (χ3n) is 7.41. The van der Waals surface area contributed by atoms with Crippen LogP contribution in [0.2, 0.25) is 0 Å².